The highest BCUT2D eigenvalue weighted by Crippen LogP contribution is 2.28. The molecule has 0 bridgehead atoms. The largest absolute Gasteiger partial charge is 0.334 e. The monoisotopic (exact) mass is 314 g/mol. The average molecular weight is 314 g/mol. The molecule has 0 fully saturated rings. The molecule has 0 aliphatic rings. The minimum Gasteiger partial charge on any atom is -0.334 e. The van der Waals surface area contributed by atoms with Crippen LogP contribution in [0.5, 0.6) is 0 Å². The van der Waals surface area contributed by atoms with Crippen molar-refractivity contribution >= 4 is 0 Å². The van der Waals surface area contributed by atoms with E-state index in [1.54, 1.807) is 0 Å². The van der Waals surface area contributed by atoms with Gasteiger partial charge in [0.1, 0.15) is 11.6 Å². The summed E-state index contributed by atoms with van der Waals surface area (Å²) >= 11 is 0. The van der Waals surface area contributed by atoms with Crippen LogP contribution < -0.4 is 0 Å². The lowest BCUT2D eigenvalue weighted by molar-refractivity contribution is 0.431. The van der Waals surface area contributed by atoms with E-state index in [1.165, 1.54) is 11.6 Å². The van der Waals surface area contributed by atoms with Crippen LogP contribution >= 0.6 is 0 Å². The first-order chi connectivity index (χ1) is 10.9. The zero-order chi connectivity index (χ0) is 16.6. The lowest BCUT2D eigenvalue weighted by Crippen LogP contribution is -2.10. The molecule has 1 heterocycles. The van der Waals surface area contributed by atoms with Crippen LogP contribution in [-0.2, 0) is 5.41 Å². The SMILES string of the molecule is CC(C)(C)c1ccc(-c2nc(-c3c(F)cccc3F)no2)cc1. The van der Waals surface area contributed by atoms with Gasteiger partial charge in [0.15, 0.2) is 0 Å². The first kappa shape index (κ1) is 15.3. The first-order valence-electron chi connectivity index (χ1n) is 7.25. The van der Waals surface area contributed by atoms with E-state index >= 15 is 0 Å². The molecule has 0 saturated carbocycles. The molecule has 0 atom stereocenters. The van der Waals surface area contributed by atoms with Crippen molar-refractivity contribution in [3.8, 4) is 22.8 Å². The van der Waals surface area contributed by atoms with Crippen molar-refractivity contribution in [1.29, 1.82) is 0 Å². The Kier molecular flexibility index (Phi) is 3.72. The van der Waals surface area contributed by atoms with Crippen LogP contribution in [0.25, 0.3) is 22.8 Å². The molecular formula is C18H16F2N2O. The highest BCUT2D eigenvalue weighted by Gasteiger charge is 2.19. The molecular weight excluding hydrogens is 298 g/mol. The summed E-state index contributed by atoms with van der Waals surface area (Å²) in [5, 5.41) is 3.69. The van der Waals surface area contributed by atoms with Gasteiger partial charge in [-0.25, -0.2) is 8.78 Å². The quantitative estimate of drug-likeness (QED) is 0.669. The molecule has 0 radical (unpaired) electrons. The zero-order valence-corrected chi connectivity index (χ0v) is 13.1. The maximum atomic E-state index is 13.8. The number of aromatic nitrogens is 2. The van der Waals surface area contributed by atoms with Crippen LogP contribution in [0.15, 0.2) is 47.0 Å². The summed E-state index contributed by atoms with van der Waals surface area (Å²) in [5.74, 6) is -1.32. The van der Waals surface area contributed by atoms with Crippen molar-refractivity contribution in [2.45, 2.75) is 26.2 Å². The summed E-state index contributed by atoms with van der Waals surface area (Å²) in [7, 11) is 0. The smallest absolute Gasteiger partial charge is 0.258 e. The molecule has 0 aliphatic carbocycles. The molecule has 3 nitrogen and oxygen atoms in total. The molecule has 0 unspecified atom stereocenters. The van der Waals surface area contributed by atoms with Crippen molar-refractivity contribution in [2.75, 3.05) is 0 Å². The Morgan fingerprint density at radius 2 is 1.52 bits per heavy atom. The molecule has 23 heavy (non-hydrogen) atoms. The van der Waals surface area contributed by atoms with Gasteiger partial charge in [-0.3, -0.25) is 0 Å². The first-order valence-corrected chi connectivity index (χ1v) is 7.25. The Balaban J connectivity index is 1.96. The summed E-state index contributed by atoms with van der Waals surface area (Å²) in [5.41, 5.74) is 1.62. The highest BCUT2D eigenvalue weighted by atomic mass is 19.1. The van der Waals surface area contributed by atoms with Crippen molar-refractivity contribution in [1.82, 2.24) is 10.1 Å². The second-order valence-corrected chi connectivity index (χ2v) is 6.35. The van der Waals surface area contributed by atoms with Gasteiger partial charge in [0, 0.05) is 5.56 Å². The van der Waals surface area contributed by atoms with Crippen molar-refractivity contribution in [2.24, 2.45) is 0 Å². The highest BCUT2D eigenvalue weighted by molar-refractivity contribution is 5.61. The molecule has 3 rings (SSSR count). The predicted molar refractivity (Wildman–Crippen MR) is 83.8 cm³/mol. The molecule has 2 aromatic carbocycles. The number of rotatable bonds is 2. The van der Waals surface area contributed by atoms with Gasteiger partial charge in [0.05, 0.1) is 5.56 Å². The van der Waals surface area contributed by atoms with E-state index in [2.05, 4.69) is 30.9 Å². The second kappa shape index (κ2) is 5.57. The maximum absolute atomic E-state index is 13.8. The van der Waals surface area contributed by atoms with Crippen molar-refractivity contribution in [3.63, 3.8) is 0 Å². The van der Waals surface area contributed by atoms with Crippen LogP contribution in [-0.4, -0.2) is 10.1 Å². The van der Waals surface area contributed by atoms with Crippen LogP contribution in [0.3, 0.4) is 0 Å². The van der Waals surface area contributed by atoms with Crippen molar-refractivity contribution in [3.05, 3.63) is 59.7 Å². The van der Waals surface area contributed by atoms with Crippen LogP contribution in [0.4, 0.5) is 8.78 Å². The third-order valence-corrected chi connectivity index (χ3v) is 3.61. The van der Waals surface area contributed by atoms with Gasteiger partial charge in [-0.1, -0.05) is 44.1 Å². The Hall–Kier alpha value is -2.56. The standard InChI is InChI=1S/C18H16F2N2O/c1-18(2,3)12-9-7-11(8-10-12)17-21-16(22-23-17)15-13(19)5-4-6-14(15)20/h4-10H,1-3H3. The Morgan fingerprint density at radius 1 is 0.913 bits per heavy atom. The average Bonchev–Trinajstić information content (AvgIpc) is 2.96. The van der Waals surface area contributed by atoms with Crippen LogP contribution in [0, 0.1) is 11.6 Å². The molecule has 118 valence electrons. The minimum absolute atomic E-state index is 0.0365. The third kappa shape index (κ3) is 2.99. The lowest BCUT2D eigenvalue weighted by atomic mass is 9.87. The van der Waals surface area contributed by atoms with E-state index in [-0.39, 0.29) is 22.7 Å². The summed E-state index contributed by atoms with van der Waals surface area (Å²) in [6, 6.07) is 11.3. The molecule has 0 aliphatic heterocycles. The normalized spacial score (nSPS) is 11.7. The van der Waals surface area contributed by atoms with E-state index in [4.69, 9.17) is 4.52 Å². The number of benzene rings is 2. The zero-order valence-electron chi connectivity index (χ0n) is 13.1. The van der Waals surface area contributed by atoms with Gasteiger partial charge < -0.3 is 4.52 Å². The van der Waals surface area contributed by atoms with E-state index in [1.807, 2.05) is 24.3 Å². The van der Waals surface area contributed by atoms with E-state index < -0.39 is 11.6 Å². The van der Waals surface area contributed by atoms with E-state index in [0.29, 0.717) is 5.56 Å². The number of hydrogen-bond acceptors (Lipinski definition) is 3. The fourth-order valence-electron chi connectivity index (χ4n) is 2.27. The third-order valence-electron chi connectivity index (χ3n) is 3.61. The molecule has 3 aromatic rings. The molecule has 1 aromatic heterocycles. The predicted octanol–water partition coefficient (Wildman–Crippen LogP) is 4.98. The topological polar surface area (TPSA) is 38.9 Å². The Morgan fingerprint density at radius 3 is 2.09 bits per heavy atom. The van der Waals surface area contributed by atoms with Crippen LogP contribution in [0.2, 0.25) is 0 Å². The number of nitrogens with zero attached hydrogens (tertiary/aromatic N) is 2. The van der Waals surface area contributed by atoms with Gasteiger partial charge in [-0.15, -0.1) is 0 Å². The molecule has 0 amide bonds. The number of halogens is 2. The lowest BCUT2D eigenvalue weighted by Gasteiger charge is -2.18. The van der Waals surface area contributed by atoms with Gasteiger partial charge in [-0.2, -0.15) is 4.98 Å². The molecule has 0 spiro atoms. The summed E-state index contributed by atoms with van der Waals surface area (Å²) in [6.45, 7) is 6.36. The van der Waals surface area contributed by atoms with Crippen LogP contribution in [0.1, 0.15) is 26.3 Å². The minimum atomic E-state index is -0.722. The second-order valence-electron chi connectivity index (χ2n) is 6.35. The maximum Gasteiger partial charge on any atom is 0.258 e. The fraction of sp³-hybridized carbons (Fsp3) is 0.222. The van der Waals surface area contributed by atoms with E-state index in [9.17, 15) is 8.78 Å². The van der Waals surface area contributed by atoms with Gasteiger partial charge >= 0.3 is 0 Å². The molecule has 0 saturated heterocycles. The van der Waals surface area contributed by atoms with Gasteiger partial charge in [0.2, 0.25) is 5.82 Å². The van der Waals surface area contributed by atoms with Gasteiger partial charge in [0.25, 0.3) is 5.89 Å². The molecule has 0 N–H and O–H groups in total. The van der Waals surface area contributed by atoms with E-state index in [0.717, 1.165) is 12.1 Å². The summed E-state index contributed by atoms with van der Waals surface area (Å²) in [6.07, 6.45) is 0. The van der Waals surface area contributed by atoms with Gasteiger partial charge in [-0.05, 0) is 35.2 Å². The van der Waals surface area contributed by atoms with Crippen molar-refractivity contribution < 1.29 is 13.3 Å². The Bertz CT molecular complexity index is 813. The Labute approximate surface area is 133 Å². The number of hydrogen-bond donors (Lipinski definition) is 0. The molecule has 5 heteroatoms. The summed E-state index contributed by atoms with van der Waals surface area (Å²) < 4.78 is 32.7. The summed E-state index contributed by atoms with van der Waals surface area (Å²) in [4.78, 5) is 4.11. The fourth-order valence-corrected chi connectivity index (χ4v) is 2.27.